The van der Waals surface area contributed by atoms with Crippen molar-refractivity contribution in [3.05, 3.63) is 29.3 Å². The van der Waals surface area contributed by atoms with Crippen molar-refractivity contribution in [2.24, 2.45) is 0 Å². The van der Waals surface area contributed by atoms with Crippen LogP contribution >= 0.6 is 0 Å². The lowest BCUT2D eigenvalue weighted by Gasteiger charge is -2.14. The number of ether oxygens (including phenoxy) is 1. The van der Waals surface area contributed by atoms with E-state index in [4.69, 9.17) is 9.84 Å². The van der Waals surface area contributed by atoms with Gasteiger partial charge in [0.25, 0.3) is 0 Å². The Morgan fingerprint density at radius 2 is 2.12 bits per heavy atom. The molecule has 0 heterocycles. The number of aliphatic carboxylic acids is 1. The number of hydrogen-bond acceptors (Lipinski definition) is 2. The number of alkyl halides is 2. The second kappa shape index (κ2) is 4.47. The molecule has 1 aromatic rings. The molecule has 1 rings (SSSR count). The van der Waals surface area contributed by atoms with Crippen LogP contribution in [0.5, 0.6) is 5.75 Å². The molecule has 88 valence electrons. The highest BCUT2D eigenvalue weighted by Crippen LogP contribution is 2.27. The van der Waals surface area contributed by atoms with Gasteiger partial charge in [0.2, 0.25) is 0 Å². The molecular weight excluding hydrogens is 218 g/mol. The number of carboxylic acid groups (broad SMARTS) is 1. The minimum absolute atomic E-state index is 0.181. The molecular formula is C11H12F2O3. The molecule has 0 spiro atoms. The summed E-state index contributed by atoms with van der Waals surface area (Å²) >= 11 is 0. The Morgan fingerprint density at radius 1 is 1.50 bits per heavy atom. The monoisotopic (exact) mass is 230 g/mol. The summed E-state index contributed by atoms with van der Waals surface area (Å²) in [4.78, 5) is 10.3. The maximum absolute atomic E-state index is 13.0. The van der Waals surface area contributed by atoms with Gasteiger partial charge in [-0.15, -0.1) is 0 Å². The van der Waals surface area contributed by atoms with E-state index in [0.717, 1.165) is 5.56 Å². The fourth-order valence-corrected chi connectivity index (χ4v) is 1.31. The second-order valence-electron chi connectivity index (χ2n) is 3.50. The normalized spacial score (nSPS) is 11.2. The van der Waals surface area contributed by atoms with Gasteiger partial charge in [-0.05, 0) is 18.6 Å². The quantitative estimate of drug-likeness (QED) is 0.863. The standard InChI is InChI=1S/C11H12F2O3/c1-7-3-4-8(9(5-7)16-2)6-11(12,13)10(14)15/h3-5H,6H2,1-2H3,(H,14,15). The van der Waals surface area contributed by atoms with Gasteiger partial charge in [0.05, 0.1) is 13.5 Å². The lowest BCUT2D eigenvalue weighted by atomic mass is 10.0. The smallest absolute Gasteiger partial charge is 0.374 e. The van der Waals surface area contributed by atoms with Gasteiger partial charge >= 0.3 is 11.9 Å². The van der Waals surface area contributed by atoms with Crippen molar-refractivity contribution in [2.75, 3.05) is 7.11 Å². The van der Waals surface area contributed by atoms with Crippen LogP contribution in [0.3, 0.4) is 0 Å². The number of methoxy groups -OCH3 is 1. The third kappa shape index (κ3) is 2.68. The largest absolute Gasteiger partial charge is 0.496 e. The molecule has 0 atom stereocenters. The second-order valence-corrected chi connectivity index (χ2v) is 3.50. The van der Waals surface area contributed by atoms with E-state index in [1.165, 1.54) is 13.2 Å². The minimum atomic E-state index is -3.78. The summed E-state index contributed by atoms with van der Waals surface area (Å²) in [7, 11) is 1.36. The average molecular weight is 230 g/mol. The van der Waals surface area contributed by atoms with Gasteiger partial charge in [-0.25, -0.2) is 4.79 Å². The lowest BCUT2D eigenvalue weighted by Crippen LogP contribution is -2.30. The van der Waals surface area contributed by atoms with Crippen molar-refractivity contribution in [2.45, 2.75) is 19.3 Å². The van der Waals surface area contributed by atoms with Gasteiger partial charge < -0.3 is 9.84 Å². The van der Waals surface area contributed by atoms with Crippen molar-refractivity contribution in [1.82, 2.24) is 0 Å². The lowest BCUT2D eigenvalue weighted by molar-refractivity contribution is -0.164. The zero-order chi connectivity index (χ0) is 12.3. The summed E-state index contributed by atoms with van der Waals surface area (Å²) in [5.41, 5.74) is 1.04. The molecule has 0 saturated heterocycles. The zero-order valence-corrected chi connectivity index (χ0v) is 8.96. The number of benzene rings is 1. The van der Waals surface area contributed by atoms with Crippen LogP contribution in [0.15, 0.2) is 18.2 Å². The van der Waals surface area contributed by atoms with Crippen LogP contribution in [-0.2, 0) is 11.2 Å². The molecule has 1 aromatic carbocycles. The van der Waals surface area contributed by atoms with Crippen LogP contribution in [0.2, 0.25) is 0 Å². The third-order valence-electron chi connectivity index (χ3n) is 2.17. The molecule has 0 amide bonds. The molecule has 0 bridgehead atoms. The van der Waals surface area contributed by atoms with Gasteiger partial charge in [-0.2, -0.15) is 8.78 Å². The molecule has 16 heavy (non-hydrogen) atoms. The molecule has 0 aliphatic rings. The maximum atomic E-state index is 13.0. The first kappa shape index (κ1) is 12.4. The molecule has 0 unspecified atom stereocenters. The topological polar surface area (TPSA) is 46.5 Å². The first-order valence-corrected chi connectivity index (χ1v) is 4.61. The molecule has 3 nitrogen and oxygen atoms in total. The van der Waals surface area contributed by atoms with Crippen molar-refractivity contribution >= 4 is 5.97 Å². The van der Waals surface area contributed by atoms with Crippen LogP contribution < -0.4 is 4.74 Å². The highest BCUT2D eigenvalue weighted by Gasteiger charge is 2.39. The summed E-state index contributed by atoms with van der Waals surface area (Å²) in [6, 6.07) is 4.67. The number of halogens is 2. The number of carbonyl (C=O) groups is 1. The van der Waals surface area contributed by atoms with Crippen LogP contribution in [0.1, 0.15) is 11.1 Å². The molecule has 5 heteroatoms. The summed E-state index contributed by atoms with van der Waals surface area (Å²) in [5.74, 6) is -5.63. The summed E-state index contributed by atoms with van der Waals surface area (Å²) in [5, 5.41) is 8.33. The Hall–Kier alpha value is -1.65. The first-order chi connectivity index (χ1) is 7.36. The molecule has 0 radical (unpaired) electrons. The van der Waals surface area contributed by atoms with E-state index in [1.54, 1.807) is 19.1 Å². The Morgan fingerprint density at radius 3 is 2.62 bits per heavy atom. The summed E-state index contributed by atoms with van der Waals surface area (Å²) in [6.07, 6.45) is -0.869. The number of carboxylic acids is 1. The predicted molar refractivity (Wildman–Crippen MR) is 54.0 cm³/mol. The Labute approximate surface area is 91.7 Å². The number of aryl methyl sites for hydroxylation is 1. The summed E-state index contributed by atoms with van der Waals surface area (Å²) < 4.78 is 30.9. The van der Waals surface area contributed by atoms with Gasteiger partial charge in [-0.3, -0.25) is 0 Å². The van der Waals surface area contributed by atoms with E-state index >= 15 is 0 Å². The first-order valence-electron chi connectivity index (χ1n) is 4.61. The van der Waals surface area contributed by atoms with E-state index in [9.17, 15) is 13.6 Å². The fraction of sp³-hybridized carbons (Fsp3) is 0.364. The van der Waals surface area contributed by atoms with Crippen LogP contribution in [0.4, 0.5) is 8.78 Å². The van der Waals surface area contributed by atoms with Crippen molar-refractivity contribution in [3.63, 3.8) is 0 Å². The predicted octanol–water partition coefficient (Wildman–Crippen LogP) is 2.27. The van der Waals surface area contributed by atoms with Crippen molar-refractivity contribution < 1.29 is 23.4 Å². The number of rotatable bonds is 4. The average Bonchev–Trinajstić information content (AvgIpc) is 2.20. The zero-order valence-electron chi connectivity index (χ0n) is 8.96. The van der Waals surface area contributed by atoms with E-state index in [0.29, 0.717) is 0 Å². The maximum Gasteiger partial charge on any atom is 0.374 e. The van der Waals surface area contributed by atoms with Crippen molar-refractivity contribution in [3.8, 4) is 5.75 Å². The van der Waals surface area contributed by atoms with Gasteiger partial charge in [0.15, 0.2) is 0 Å². The summed E-state index contributed by atoms with van der Waals surface area (Å²) in [6.45, 7) is 1.79. The van der Waals surface area contributed by atoms with Gasteiger partial charge in [0.1, 0.15) is 5.75 Å². The molecule has 0 aliphatic carbocycles. The third-order valence-corrected chi connectivity index (χ3v) is 2.17. The molecule has 0 fully saturated rings. The Bertz CT molecular complexity index is 402. The van der Waals surface area contributed by atoms with Gasteiger partial charge in [0, 0.05) is 5.56 Å². The highest BCUT2D eigenvalue weighted by molar-refractivity contribution is 5.75. The SMILES string of the molecule is COc1cc(C)ccc1CC(F)(F)C(=O)O. The molecule has 0 saturated carbocycles. The Balaban J connectivity index is 3.01. The van der Waals surface area contributed by atoms with E-state index in [2.05, 4.69) is 0 Å². The fourth-order valence-electron chi connectivity index (χ4n) is 1.31. The van der Waals surface area contributed by atoms with Gasteiger partial charge in [-0.1, -0.05) is 12.1 Å². The van der Waals surface area contributed by atoms with E-state index in [-0.39, 0.29) is 11.3 Å². The molecule has 0 aliphatic heterocycles. The highest BCUT2D eigenvalue weighted by atomic mass is 19.3. The Kier molecular flexibility index (Phi) is 3.47. The van der Waals surface area contributed by atoms with Crippen LogP contribution in [-0.4, -0.2) is 24.1 Å². The molecule has 1 N–H and O–H groups in total. The number of hydrogen-bond donors (Lipinski definition) is 1. The van der Waals surface area contributed by atoms with Crippen molar-refractivity contribution in [1.29, 1.82) is 0 Å². The van der Waals surface area contributed by atoms with E-state index in [1.807, 2.05) is 0 Å². The van der Waals surface area contributed by atoms with Crippen LogP contribution in [0, 0.1) is 6.92 Å². The molecule has 0 aromatic heterocycles. The minimum Gasteiger partial charge on any atom is -0.496 e. The van der Waals surface area contributed by atoms with E-state index < -0.39 is 18.3 Å². The van der Waals surface area contributed by atoms with Crippen LogP contribution in [0.25, 0.3) is 0 Å².